The van der Waals surface area contributed by atoms with Crippen LogP contribution in [-0.2, 0) is 4.79 Å². The lowest BCUT2D eigenvalue weighted by molar-refractivity contribution is -0.132. The van der Waals surface area contributed by atoms with Gasteiger partial charge in [0.15, 0.2) is 5.89 Å². The fourth-order valence-electron chi connectivity index (χ4n) is 3.84. The van der Waals surface area contributed by atoms with Crippen molar-refractivity contribution in [3.8, 4) is 6.07 Å². The minimum absolute atomic E-state index is 0.141. The molecule has 0 N–H and O–H groups in total. The smallest absolute Gasteiger partial charge is 0.236 e. The molecule has 0 spiro atoms. The van der Waals surface area contributed by atoms with Crippen LogP contribution < -0.4 is 9.80 Å². The zero-order chi connectivity index (χ0) is 21.1. The molecule has 158 valence electrons. The highest BCUT2D eigenvalue weighted by atomic mass is 35.5. The molecule has 30 heavy (non-hydrogen) atoms. The predicted molar refractivity (Wildman–Crippen MR) is 113 cm³/mol. The van der Waals surface area contributed by atoms with E-state index in [-0.39, 0.29) is 5.91 Å². The highest BCUT2D eigenvalue weighted by molar-refractivity contribution is 6.30. The van der Waals surface area contributed by atoms with Crippen molar-refractivity contribution in [2.24, 2.45) is 0 Å². The molecule has 0 bridgehead atoms. The Hall–Kier alpha value is -2.83. The van der Waals surface area contributed by atoms with Crippen molar-refractivity contribution < 1.29 is 9.21 Å². The van der Waals surface area contributed by atoms with Gasteiger partial charge in [-0.05, 0) is 12.1 Å². The second kappa shape index (κ2) is 8.90. The summed E-state index contributed by atoms with van der Waals surface area (Å²) in [6, 6.07) is 5.84. The fraction of sp³-hybridized carbons (Fsp3) is 0.500. The van der Waals surface area contributed by atoms with Crippen molar-refractivity contribution >= 4 is 29.2 Å². The normalized spacial score (nSPS) is 17.8. The number of nitrogens with zero attached hydrogens (tertiary/aromatic N) is 7. The number of rotatable bonds is 4. The van der Waals surface area contributed by atoms with Crippen LogP contribution in [0.5, 0.6) is 0 Å². The molecule has 0 aromatic carbocycles. The molecule has 0 atom stereocenters. The Morgan fingerprint density at radius 1 is 1.13 bits per heavy atom. The van der Waals surface area contributed by atoms with Crippen molar-refractivity contribution in [1.82, 2.24) is 19.8 Å². The van der Waals surface area contributed by atoms with Gasteiger partial charge in [-0.15, -0.1) is 0 Å². The molecule has 0 radical (unpaired) electrons. The van der Waals surface area contributed by atoms with E-state index in [4.69, 9.17) is 16.0 Å². The first kappa shape index (κ1) is 20.4. The van der Waals surface area contributed by atoms with Gasteiger partial charge in [0, 0.05) is 65.5 Å². The molecule has 4 heterocycles. The number of aromatic nitrogens is 2. The molecule has 2 aromatic rings. The number of piperazine rings is 2. The number of carbonyl (C=O) groups is 1. The van der Waals surface area contributed by atoms with E-state index >= 15 is 0 Å². The maximum Gasteiger partial charge on any atom is 0.236 e. The highest BCUT2D eigenvalue weighted by Gasteiger charge is 2.27. The van der Waals surface area contributed by atoms with E-state index in [1.165, 1.54) is 0 Å². The molecular weight excluding hydrogens is 406 g/mol. The number of carbonyl (C=O) groups excluding carboxylic acids is 1. The molecule has 0 unspecified atom stereocenters. The molecule has 10 heteroatoms. The van der Waals surface area contributed by atoms with Gasteiger partial charge in [0.1, 0.15) is 11.9 Å². The lowest BCUT2D eigenvalue weighted by Crippen LogP contribution is -2.54. The van der Waals surface area contributed by atoms with Crippen LogP contribution in [0.15, 0.2) is 22.7 Å². The predicted octanol–water partition coefficient (Wildman–Crippen LogP) is 1.37. The van der Waals surface area contributed by atoms with E-state index in [0.29, 0.717) is 55.2 Å². The average Bonchev–Trinajstić information content (AvgIpc) is 3.16. The maximum absolute atomic E-state index is 12.8. The number of oxazole rings is 1. The standard InChI is InChI=1S/C20H24ClN7O2/c1-15-24-17(12-22)20(30-15)28-10-8-27(9-11-28)19(29)14-25-4-6-26(7-5-25)18-3-2-16(21)13-23-18/h2-3,13H,4-11,14H2,1H3. The Kier molecular flexibility index (Phi) is 6.06. The summed E-state index contributed by atoms with van der Waals surface area (Å²) < 4.78 is 5.58. The van der Waals surface area contributed by atoms with Gasteiger partial charge in [-0.3, -0.25) is 9.69 Å². The summed E-state index contributed by atoms with van der Waals surface area (Å²) in [4.78, 5) is 29.5. The van der Waals surface area contributed by atoms with Gasteiger partial charge < -0.3 is 19.1 Å². The van der Waals surface area contributed by atoms with Crippen molar-refractivity contribution in [3.05, 3.63) is 34.9 Å². The van der Waals surface area contributed by atoms with Crippen molar-refractivity contribution in [2.75, 3.05) is 68.7 Å². The Balaban J connectivity index is 1.24. The minimum atomic E-state index is 0.141. The number of amides is 1. The topological polar surface area (TPSA) is 92.7 Å². The first-order valence-corrected chi connectivity index (χ1v) is 10.4. The van der Waals surface area contributed by atoms with Gasteiger partial charge in [0.25, 0.3) is 0 Å². The SMILES string of the molecule is Cc1nc(C#N)c(N2CCN(C(=O)CN3CCN(c4ccc(Cl)cn4)CC3)CC2)o1. The van der Waals surface area contributed by atoms with E-state index < -0.39 is 0 Å². The summed E-state index contributed by atoms with van der Waals surface area (Å²) >= 11 is 5.91. The third-order valence-corrected chi connectivity index (χ3v) is 5.73. The third-order valence-electron chi connectivity index (χ3n) is 5.51. The Bertz CT molecular complexity index is 924. The van der Waals surface area contributed by atoms with Crippen LogP contribution in [0.4, 0.5) is 11.7 Å². The molecule has 0 saturated carbocycles. The number of halogens is 1. The zero-order valence-electron chi connectivity index (χ0n) is 16.9. The Morgan fingerprint density at radius 2 is 1.83 bits per heavy atom. The van der Waals surface area contributed by atoms with Crippen LogP contribution in [0.25, 0.3) is 0 Å². The van der Waals surface area contributed by atoms with Crippen LogP contribution in [0, 0.1) is 18.3 Å². The van der Waals surface area contributed by atoms with E-state index in [0.717, 1.165) is 32.0 Å². The zero-order valence-corrected chi connectivity index (χ0v) is 17.7. The van der Waals surface area contributed by atoms with Crippen LogP contribution >= 0.6 is 11.6 Å². The minimum Gasteiger partial charge on any atom is -0.424 e. The highest BCUT2D eigenvalue weighted by Crippen LogP contribution is 2.23. The Labute approximate surface area is 180 Å². The van der Waals surface area contributed by atoms with Gasteiger partial charge in [-0.1, -0.05) is 11.6 Å². The Morgan fingerprint density at radius 3 is 2.47 bits per heavy atom. The first-order valence-electron chi connectivity index (χ1n) is 10.0. The van der Waals surface area contributed by atoms with Crippen molar-refractivity contribution in [3.63, 3.8) is 0 Å². The number of pyridine rings is 1. The summed E-state index contributed by atoms with van der Waals surface area (Å²) in [7, 11) is 0. The largest absolute Gasteiger partial charge is 0.424 e. The number of nitriles is 1. The van der Waals surface area contributed by atoms with Gasteiger partial charge >= 0.3 is 0 Å². The fourth-order valence-corrected chi connectivity index (χ4v) is 3.96. The molecule has 2 fully saturated rings. The van der Waals surface area contributed by atoms with E-state index in [1.54, 1.807) is 13.1 Å². The maximum atomic E-state index is 12.8. The van der Waals surface area contributed by atoms with Gasteiger partial charge in [-0.2, -0.15) is 5.26 Å². The second-order valence-corrected chi connectivity index (χ2v) is 7.90. The lowest BCUT2D eigenvalue weighted by Gasteiger charge is -2.38. The molecule has 2 saturated heterocycles. The van der Waals surface area contributed by atoms with Crippen LogP contribution in [0.1, 0.15) is 11.6 Å². The van der Waals surface area contributed by atoms with Gasteiger partial charge in [-0.25, -0.2) is 9.97 Å². The molecule has 2 aromatic heterocycles. The number of aryl methyl sites for hydroxylation is 1. The van der Waals surface area contributed by atoms with Crippen LogP contribution in [-0.4, -0.2) is 84.6 Å². The summed E-state index contributed by atoms with van der Waals surface area (Å²) in [5, 5.41) is 9.84. The monoisotopic (exact) mass is 429 g/mol. The second-order valence-electron chi connectivity index (χ2n) is 7.46. The molecule has 2 aliphatic heterocycles. The molecule has 2 aliphatic rings. The van der Waals surface area contributed by atoms with Gasteiger partial charge in [0.05, 0.1) is 11.6 Å². The van der Waals surface area contributed by atoms with Crippen LogP contribution in [0.2, 0.25) is 5.02 Å². The third kappa shape index (κ3) is 4.50. The summed E-state index contributed by atoms with van der Waals surface area (Å²) in [6.07, 6.45) is 1.66. The number of hydrogen-bond acceptors (Lipinski definition) is 8. The molecule has 1 amide bonds. The molecule has 0 aliphatic carbocycles. The number of hydrogen-bond donors (Lipinski definition) is 0. The van der Waals surface area contributed by atoms with E-state index in [9.17, 15) is 10.1 Å². The summed E-state index contributed by atoms with van der Waals surface area (Å²) in [5.41, 5.74) is 0.306. The van der Waals surface area contributed by atoms with Crippen molar-refractivity contribution in [1.29, 1.82) is 5.26 Å². The van der Waals surface area contributed by atoms with E-state index in [2.05, 4.69) is 25.8 Å². The molecule has 9 nitrogen and oxygen atoms in total. The van der Waals surface area contributed by atoms with Gasteiger partial charge in [0.2, 0.25) is 17.5 Å². The number of anilines is 2. The lowest BCUT2D eigenvalue weighted by atomic mass is 10.2. The van der Waals surface area contributed by atoms with E-state index in [1.807, 2.05) is 21.9 Å². The summed E-state index contributed by atoms with van der Waals surface area (Å²) in [5.74, 6) is 2.05. The molecule has 4 rings (SSSR count). The summed E-state index contributed by atoms with van der Waals surface area (Å²) in [6.45, 7) is 7.93. The van der Waals surface area contributed by atoms with Crippen molar-refractivity contribution in [2.45, 2.75) is 6.92 Å². The average molecular weight is 430 g/mol. The molecular formula is C20H24ClN7O2. The first-order chi connectivity index (χ1) is 14.5. The van der Waals surface area contributed by atoms with Crippen LogP contribution in [0.3, 0.4) is 0 Å². The quantitative estimate of drug-likeness (QED) is 0.719.